The molecular formula is C20H21N3O2. The fourth-order valence-corrected chi connectivity index (χ4v) is 2.94. The van der Waals surface area contributed by atoms with Crippen molar-refractivity contribution < 1.29 is 4.79 Å². The van der Waals surface area contributed by atoms with Crippen molar-refractivity contribution in [2.75, 3.05) is 0 Å². The number of benzene rings is 1. The van der Waals surface area contributed by atoms with E-state index in [0.29, 0.717) is 18.5 Å². The van der Waals surface area contributed by atoms with E-state index in [1.165, 1.54) is 0 Å². The number of pyridine rings is 2. The Morgan fingerprint density at radius 3 is 2.68 bits per heavy atom. The first-order valence-electron chi connectivity index (χ1n) is 8.31. The summed E-state index contributed by atoms with van der Waals surface area (Å²) >= 11 is 0. The molecule has 5 nitrogen and oxygen atoms in total. The maximum absolute atomic E-state index is 12.3. The summed E-state index contributed by atoms with van der Waals surface area (Å²) in [5.41, 5.74) is 4.59. The van der Waals surface area contributed by atoms with Crippen molar-refractivity contribution in [2.24, 2.45) is 0 Å². The molecule has 5 heteroatoms. The molecular weight excluding hydrogens is 314 g/mol. The van der Waals surface area contributed by atoms with E-state index < -0.39 is 0 Å². The first-order valence-corrected chi connectivity index (χ1v) is 8.31. The van der Waals surface area contributed by atoms with Gasteiger partial charge in [0.15, 0.2) is 0 Å². The summed E-state index contributed by atoms with van der Waals surface area (Å²) in [6.07, 6.45) is 4.09. The molecule has 0 aliphatic carbocycles. The van der Waals surface area contributed by atoms with Crippen LogP contribution in [-0.4, -0.2) is 15.9 Å². The average molecular weight is 335 g/mol. The number of fused-ring (bicyclic) bond motifs is 1. The third-order valence-corrected chi connectivity index (χ3v) is 4.25. The minimum absolute atomic E-state index is 0.0723. The third-order valence-electron chi connectivity index (χ3n) is 4.25. The molecule has 0 aliphatic rings. The molecule has 2 N–H and O–H groups in total. The van der Waals surface area contributed by atoms with E-state index in [0.717, 1.165) is 27.6 Å². The van der Waals surface area contributed by atoms with Crippen LogP contribution in [0.1, 0.15) is 28.7 Å². The van der Waals surface area contributed by atoms with Crippen LogP contribution in [0.25, 0.3) is 10.9 Å². The fourth-order valence-electron chi connectivity index (χ4n) is 2.94. The van der Waals surface area contributed by atoms with Crippen molar-refractivity contribution in [3.05, 3.63) is 75.3 Å². The second-order valence-corrected chi connectivity index (χ2v) is 6.30. The molecule has 2 aromatic heterocycles. The molecule has 1 amide bonds. The first-order chi connectivity index (χ1) is 12.0. The Bertz CT molecular complexity index is 962. The van der Waals surface area contributed by atoms with Gasteiger partial charge in [0.25, 0.3) is 5.56 Å². The maximum atomic E-state index is 12.3. The van der Waals surface area contributed by atoms with E-state index in [1.54, 1.807) is 12.4 Å². The largest absolute Gasteiger partial charge is 0.352 e. The van der Waals surface area contributed by atoms with Crippen LogP contribution in [0.5, 0.6) is 0 Å². The SMILES string of the molecule is Cc1cc(C)c2cc(CCC(=O)NCc3ccncc3)c(=O)[nH]c2c1. The topological polar surface area (TPSA) is 74.8 Å². The Morgan fingerprint density at radius 2 is 1.92 bits per heavy atom. The summed E-state index contributed by atoms with van der Waals surface area (Å²) in [5, 5.41) is 3.89. The predicted octanol–water partition coefficient (Wildman–Crippen LogP) is 2.79. The van der Waals surface area contributed by atoms with Gasteiger partial charge in [-0.1, -0.05) is 6.07 Å². The molecule has 0 saturated heterocycles. The van der Waals surface area contributed by atoms with Crippen LogP contribution in [0.2, 0.25) is 0 Å². The number of carbonyl (C=O) groups excluding carboxylic acids is 1. The molecule has 3 rings (SSSR count). The molecule has 3 aromatic rings. The summed E-state index contributed by atoms with van der Waals surface area (Å²) in [5.74, 6) is -0.0723. The number of carbonyl (C=O) groups is 1. The van der Waals surface area contributed by atoms with Gasteiger partial charge in [-0.15, -0.1) is 0 Å². The number of aryl methyl sites for hydroxylation is 3. The predicted molar refractivity (Wildman–Crippen MR) is 98.4 cm³/mol. The second kappa shape index (κ2) is 7.30. The molecule has 25 heavy (non-hydrogen) atoms. The van der Waals surface area contributed by atoms with Crippen LogP contribution in [-0.2, 0) is 17.8 Å². The molecule has 0 unspecified atom stereocenters. The van der Waals surface area contributed by atoms with Gasteiger partial charge in [-0.05, 0) is 61.2 Å². The Hall–Kier alpha value is -2.95. The van der Waals surface area contributed by atoms with Gasteiger partial charge in [-0.3, -0.25) is 14.6 Å². The van der Waals surface area contributed by atoms with Crippen LogP contribution in [0.4, 0.5) is 0 Å². The van der Waals surface area contributed by atoms with Gasteiger partial charge < -0.3 is 10.3 Å². The van der Waals surface area contributed by atoms with Crippen molar-refractivity contribution in [1.82, 2.24) is 15.3 Å². The van der Waals surface area contributed by atoms with E-state index in [9.17, 15) is 9.59 Å². The van der Waals surface area contributed by atoms with E-state index in [1.807, 2.05) is 38.1 Å². The molecule has 2 heterocycles. The highest BCUT2D eigenvalue weighted by atomic mass is 16.1. The number of rotatable bonds is 5. The minimum Gasteiger partial charge on any atom is -0.352 e. The lowest BCUT2D eigenvalue weighted by atomic mass is 10.0. The molecule has 0 fully saturated rings. The highest BCUT2D eigenvalue weighted by molar-refractivity contribution is 5.83. The van der Waals surface area contributed by atoms with Gasteiger partial charge in [0.2, 0.25) is 5.91 Å². The summed E-state index contributed by atoms with van der Waals surface area (Å²) in [6.45, 7) is 4.50. The number of nitrogens with one attached hydrogen (secondary N) is 2. The van der Waals surface area contributed by atoms with Gasteiger partial charge >= 0.3 is 0 Å². The zero-order valence-electron chi connectivity index (χ0n) is 14.4. The standard InChI is InChI=1S/C20H21N3O2/c1-13-9-14(2)17-11-16(20(25)23-18(17)10-13)3-4-19(24)22-12-15-5-7-21-8-6-15/h5-11H,3-4,12H2,1-2H3,(H,22,24)(H,23,25). The van der Waals surface area contributed by atoms with Crippen molar-refractivity contribution >= 4 is 16.8 Å². The molecule has 0 radical (unpaired) electrons. The van der Waals surface area contributed by atoms with Crippen molar-refractivity contribution in [3.63, 3.8) is 0 Å². The molecule has 0 aliphatic heterocycles. The highest BCUT2D eigenvalue weighted by Gasteiger charge is 2.08. The third kappa shape index (κ3) is 4.12. The second-order valence-electron chi connectivity index (χ2n) is 6.30. The number of H-pyrrole nitrogens is 1. The van der Waals surface area contributed by atoms with Crippen molar-refractivity contribution in [1.29, 1.82) is 0 Å². The Labute approximate surface area is 146 Å². The molecule has 0 spiro atoms. The first kappa shape index (κ1) is 16.9. The lowest BCUT2D eigenvalue weighted by Crippen LogP contribution is -2.24. The highest BCUT2D eigenvalue weighted by Crippen LogP contribution is 2.18. The number of amides is 1. The Balaban J connectivity index is 1.67. The summed E-state index contributed by atoms with van der Waals surface area (Å²) < 4.78 is 0. The van der Waals surface area contributed by atoms with Gasteiger partial charge in [-0.25, -0.2) is 0 Å². The zero-order valence-corrected chi connectivity index (χ0v) is 14.4. The zero-order chi connectivity index (χ0) is 17.8. The lowest BCUT2D eigenvalue weighted by Gasteiger charge is -2.08. The van der Waals surface area contributed by atoms with Crippen molar-refractivity contribution in [3.8, 4) is 0 Å². The van der Waals surface area contributed by atoms with Gasteiger partial charge in [0.05, 0.1) is 0 Å². The van der Waals surface area contributed by atoms with E-state index in [-0.39, 0.29) is 17.9 Å². The molecule has 0 atom stereocenters. The molecule has 128 valence electrons. The average Bonchev–Trinajstić information content (AvgIpc) is 2.59. The number of nitrogens with zero attached hydrogens (tertiary/aromatic N) is 1. The Morgan fingerprint density at radius 1 is 1.16 bits per heavy atom. The smallest absolute Gasteiger partial charge is 0.251 e. The lowest BCUT2D eigenvalue weighted by molar-refractivity contribution is -0.121. The van der Waals surface area contributed by atoms with Crippen LogP contribution < -0.4 is 10.9 Å². The van der Waals surface area contributed by atoms with Crippen LogP contribution in [0.3, 0.4) is 0 Å². The number of aromatic amines is 1. The van der Waals surface area contributed by atoms with E-state index >= 15 is 0 Å². The molecule has 0 bridgehead atoms. The van der Waals surface area contributed by atoms with Gasteiger partial charge in [-0.2, -0.15) is 0 Å². The number of hydrogen-bond donors (Lipinski definition) is 2. The summed E-state index contributed by atoms with van der Waals surface area (Å²) in [7, 11) is 0. The van der Waals surface area contributed by atoms with Crippen LogP contribution >= 0.6 is 0 Å². The molecule has 0 saturated carbocycles. The van der Waals surface area contributed by atoms with Gasteiger partial charge in [0.1, 0.15) is 0 Å². The summed E-state index contributed by atoms with van der Waals surface area (Å²) in [4.78, 5) is 31.2. The fraction of sp³-hybridized carbons (Fsp3) is 0.250. The van der Waals surface area contributed by atoms with Crippen molar-refractivity contribution in [2.45, 2.75) is 33.2 Å². The summed E-state index contributed by atoms with van der Waals surface area (Å²) in [6, 6.07) is 9.68. The van der Waals surface area contributed by atoms with E-state index in [4.69, 9.17) is 0 Å². The van der Waals surface area contributed by atoms with Gasteiger partial charge in [0, 0.05) is 41.8 Å². The maximum Gasteiger partial charge on any atom is 0.251 e. The van der Waals surface area contributed by atoms with Crippen LogP contribution in [0, 0.1) is 13.8 Å². The number of aromatic nitrogens is 2. The van der Waals surface area contributed by atoms with E-state index in [2.05, 4.69) is 21.4 Å². The number of hydrogen-bond acceptors (Lipinski definition) is 3. The van der Waals surface area contributed by atoms with Crippen LogP contribution in [0.15, 0.2) is 47.5 Å². The monoisotopic (exact) mass is 335 g/mol. The normalized spacial score (nSPS) is 10.8. The quantitative estimate of drug-likeness (QED) is 0.753. The Kier molecular flexibility index (Phi) is 4.93. The minimum atomic E-state index is -0.126. The molecule has 1 aromatic carbocycles.